The summed E-state index contributed by atoms with van der Waals surface area (Å²) in [4.78, 5) is 20.4. The van der Waals surface area contributed by atoms with Crippen molar-refractivity contribution in [1.29, 1.82) is 0 Å². The third-order valence-corrected chi connectivity index (χ3v) is 4.53. The molecule has 0 spiro atoms. The van der Waals surface area contributed by atoms with Gasteiger partial charge < -0.3 is 15.2 Å². The quantitative estimate of drug-likeness (QED) is 0.686. The van der Waals surface area contributed by atoms with Crippen molar-refractivity contribution >= 4 is 43.2 Å². The number of nitrogens with one attached hydrogen (secondary N) is 1. The Balaban J connectivity index is 2.15. The van der Waals surface area contributed by atoms with Gasteiger partial charge in [0.25, 0.3) is 5.91 Å². The number of aliphatic hydroxyl groups is 1. The predicted octanol–water partition coefficient (Wildman–Crippen LogP) is 3.00. The first kappa shape index (κ1) is 21.3. The van der Waals surface area contributed by atoms with Crippen LogP contribution >= 0.6 is 15.9 Å². The van der Waals surface area contributed by atoms with Crippen LogP contribution in [0.2, 0.25) is 0 Å². The van der Waals surface area contributed by atoms with Crippen LogP contribution in [0.4, 0.5) is 11.6 Å². The molecule has 2 rings (SSSR count). The minimum Gasteiger partial charge on any atom is -0.471 e. The largest absolute Gasteiger partial charge is 0.471 e. The minimum atomic E-state index is -2.50. The molecule has 1 heterocycles. The van der Waals surface area contributed by atoms with E-state index in [1.165, 1.54) is 18.7 Å². The van der Waals surface area contributed by atoms with E-state index < -0.39 is 27.8 Å². The van der Waals surface area contributed by atoms with Crippen molar-refractivity contribution in [3.63, 3.8) is 0 Å². The highest BCUT2D eigenvalue weighted by molar-refractivity contribution is 9.10. The second-order valence-corrected chi connectivity index (χ2v) is 9.59. The van der Waals surface area contributed by atoms with Crippen molar-refractivity contribution in [3.05, 3.63) is 40.5 Å². The Kier molecular flexibility index (Phi) is 6.90. The van der Waals surface area contributed by atoms with Gasteiger partial charge in [-0.2, -0.15) is 9.35 Å². The first-order chi connectivity index (χ1) is 12.5. The van der Waals surface area contributed by atoms with E-state index in [1.807, 2.05) is 0 Å². The molecule has 0 fully saturated rings. The molecule has 146 valence electrons. The van der Waals surface area contributed by atoms with Crippen LogP contribution in [0.25, 0.3) is 0 Å². The van der Waals surface area contributed by atoms with Crippen molar-refractivity contribution in [2.75, 3.05) is 17.8 Å². The SMILES string of the molecule is C[C@@H](O)[C@@H](C)Oc1nc(Nc2ccc(C(=O)N=S(C)(C)=O)cc2)ncc1Br. The van der Waals surface area contributed by atoms with Crippen molar-refractivity contribution in [2.45, 2.75) is 26.1 Å². The number of anilines is 2. The molecular weight excluding hydrogens is 436 g/mol. The van der Waals surface area contributed by atoms with E-state index in [1.54, 1.807) is 38.1 Å². The lowest BCUT2D eigenvalue weighted by atomic mass is 10.2. The summed E-state index contributed by atoms with van der Waals surface area (Å²) in [5, 5.41) is 12.6. The molecule has 2 N–H and O–H groups in total. The van der Waals surface area contributed by atoms with E-state index in [4.69, 9.17) is 4.74 Å². The lowest BCUT2D eigenvalue weighted by molar-refractivity contribution is 0.0569. The molecule has 0 radical (unpaired) electrons. The Bertz CT molecular complexity index is 932. The fourth-order valence-corrected chi connectivity index (χ4v) is 2.64. The molecular formula is C17H21BrN4O4S. The van der Waals surface area contributed by atoms with Crippen LogP contribution in [0.1, 0.15) is 24.2 Å². The zero-order valence-electron chi connectivity index (χ0n) is 15.3. The number of carbonyl (C=O) groups excluding carboxylic acids is 1. The van der Waals surface area contributed by atoms with Gasteiger partial charge in [0, 0.05) is 33.5 Å². The van der Waals surface area contributed by atoms with Crippen LogP contribution < -0.4 is 10.1 Å². The van der Waals surface area contributed by atoms with Crippen LogP contribution in [0.3, 0.4) is 0 Å². The van der Waals surface area contributed by atoms with E-state index in [0.717, 1.165) is 0 Å². The van der Waals surface area contributed by atoms with Gasteiger partial charge in [0.15, 0.2) is 0 Å². The number of benzene rings is 1. The molecule has 1 amide bonds. The topological polar surface area (TPSA) is 114 Å². The standard InChI is InChI=1S/C17H21BrN4O4S/c1-10(23)11(2)26-16-14(18)9-19-17(21-16)20-13-7-5-12(6-8-13)15(24)22-27(3,4)25/h5-11,23H,1-4H3,(H,19,20,21)/t10-,11-/m1/s1. The highest BCUT2D eigenvalue weighted by Gasteiger charge is 2.15. The van der Waals surface area contributed by atoms with Gasteiger partial charge in [-0.15, -0.1) is 0 Å². The maximum atomic E-state index is 11.9. The van der Waals surface area contributed by atoms with Crippen molar-refractivity contribution in [3.8, 4) is 5.88 Å². The second kappa shape index (κ2) is 8.77. The number of amides is 1. The lowest BCUT2D eigenvalue weighted by Crippen LogP contribution is -2.26. The third kappa shape index (κ3) is 6.56. The molecule has 0 aliphatic heterocycles. The number of carbonyl (C=O) groups is 1. The Hall–Kier alpha value is -2.04. The summed E-state index contributed by atoms with van der Waals surface area (Å²) < 4.78 is 21.4. The van der Waals surface area contributed by atoms with Crippen LogP contribution in [0.15, 0.2) is 39.3 Å². The summed E-state index contributed by atoms with van der Waals surface area (Å²) in [6, 6.07) is 6.48. The second-order valence-electron chi connectivity index (χ2n) is 6.19. The molecule has 0 bridgehead atoms. The first-order valence-electron chi connectivity index (χ1n) is 8.01. The van der Waals surface area contributed by atoms with Gasteiger partial charge in [0.2, 0.25) is 11.8 Å². The normalized spacial score (nSPS) is 13.6. The predicted molar refractivity (Wildman–Crippen MR) is 108 cm³/mol. The molecule has 0 aliphatic carbocycles. The summed E-state index contributed by atoms with van der Waals surface area (Å²) in [7, 11) is -2.50. The maximum Gasteiger partial charge on any atom is 0.285 e. The van der Waals surface area contributed by atoms with Gasteiger partial charge in [-0.1, -0.05) is 0 Å². The molecule has 2 aromatic rings. The molecule has 27 heavy (non-hydrogen) atoms. The Morgan fingerprint density at radius 2 is 1.93 bits per heavy atom. The molecule has 0 saturated heterocycles. The highest BCUT2D eigenvalue weighted by Crippen LogP contribution is 2.25. The fraction of sp³-hybridized carbons (Fsp3) is 0.353. The zero-order valence-corrected chi connectivity index (χ0v) is 17.7. The minimum absolute atomic E-state index is 0.292. The van der Waals surface area contributed by atoms with E-state index >= 15 is 0 Å². The zero-order chi connectivity index (χ0) is 20.2. The van der Waals surface area contributed by atoms with Gasteiger partial charge in [-0.25, -0.2) is 9.19 Å². The number of aliphatic hydroxyl groups excluding tert-OH is 1. The number of hydrogen-bond donors (Lipinski definition) is 2. The number of aromatic nitrogens is 2. The first-order valence-corrected chi connectivity index (χ1v) is 11.1. The van der Waals surface area contributed by atoms with E-state index in [-0.39, 0.29) is 0 Å². The molecule has 0 aliphatic rings. The molecule has 1 aromatic carbocycles. The third-order valence-electron chi connectivity index (χ3n) is 3.38. The maximum absolute atomic E-state index is 11.9. The van der Waals surface area contributed by atoms with E-state index in [0.29, 0.717) is 27.6 Å². The van der Waals surface area contributed by atoms with Crippen LogP contribution in [-0.2, 0) is 9.73 Å². The van der Waals surface area contributed by atoms with Crippen LogP contribution in [0, 0.1) is 0 Å². The number of nitrogens with zero attached hydrogens (tertiary/aromatic N) is 3. The smallest absolute Gasteiger partial charge is 0.285 e. The van der Waals surface area contributed by atoms with Crippen molar-refractivity contribution in [1.82, 2.24) is 9.97 Å². The fourth-order valence-electron chi connectivity index (χ4n) is 1.85. The lowest BCUT2D eigenvalue weighted by Gasteiger charge is -2.17. The van der Waals surface area contributed by atoms with Crippen LogP contribution in [0.5, 0.6) is 5.88 Å². The van der Waals surface area contributed by atoms with Gasteiger partial charge in [-0.3, -0.25) is 4.79 Å². The van der Waals surface area contributed by atoms with Gasteiger partial charge in [0.1, 0.15) is 6.10 Å². The van der Waals surface area contributed by atoms with Crippen molar-refractivity contribution in [2.24, 2.45) is 4.36 Å². The molecule has 2 atom stereocenters. The van der Waals surface area contributed by atoms with E-state index in [9.17, 15) is 14.1 Å². The van der Waals surface area contributed by atoms with Crippen LogP contribution in [-0.4, -0.2) is 49.9 Å². The molecule has 1 aromatic heterocycles. The summed E-state index contributed by atoms with van der Waals surface area (Å²) >= 11 is 3.31. The Morgan fingerprint density at radius 3 is 2.48 bits per heavy atom. The molecule has 8 nitrogen and oxygen atoms in total. The molecule has 0 unspecified atom stereocenters. The van der Waals surface area contributed by atoms with Gasteiger partial charge in [-0.05, 0) is 54.0 Å². The van der Waals surface area contributed by atoms with Gasteiger partial charge >= 0.3 is 0 Å². The summed E-state index contributed by atoms with van der Waals surface area (Å²) in [6.07, 6.45) is 3.26. The number of hydrogen-bond acceptors (Lipinski definition) is 7. The summed E-state index contributed by atoms with van der Waals surface area (Å²) in [6.45, 7) is 3.36. The van der Waals surface area contributed by atoms with Gasteiger partial charge in [0.05, 0.1) is 16.8 Å². The number of rotatable bonds is 6. The Morgan fingerprint density at radius 1 is 1.30 bits per heavy atom. The average molecular weight is 457 g/mol. The highest BCUT2D eigenvalue weighted by atomic mass is 79.9. The molecule has 10 heteroatoms. The Labute approximate surface area is 166 Å². The van der Waals surface area contributed by atoms with Crippen molar-refractivity contribution < 1.29 is 18.8 Å². The summed E-state index contributed by atoms with van der Waals surface area (Å²) in [5.74, 6) is 0.0614. The summed E-state index contributed by atoms with van der Waals surface area (Å²) in [5.41, 5.74) is 0.987. The average Bonchev–Trinajstić information content (AvgIpc) is 2.56. The molecule has 0 saturated carbocycles. The van der Waals surface area contributed by atoms with E-state index in [2.05, 4.69) is 35.6 Å². The number of halogens is 1. The number of ether oxygens (including phenoxy) is 1. The monoisotopic (exact) mass is 456 g/mol.